The number of unbranched alkanes of at least 4 members (excludes halogenated alkanes) is 7. The van der Waals surface area contributed by atoms with Gasteiger partial charge in [0, 0.05) is 17.3 Å². The van der Waals surface area contributed by atoms with E-state index in [1.807, 2.05) is 24.3 Å². The van der Waals surface area contributed by atoms with E-state index in [2.05, 4.69) is 34.2 Å². The Kier molecular flexibility index (Phi) is 8.38. The van der Waals surface area contributed by atoms with Crippen molar-refractivity contribution in [1.82, 2.24) is 0 Å². The zero-order valence-corrected chi connectivity index (χ0v) is 15.5. The SMILES string of the molecule is O=C(CCCCCCCCCCBr)C1=CC=CC1=C1C=CC=C1. The van der Waals surface area contributed by atoms with E-state index in [9.17, 15) is 4.79 Å². The molecule has 0 saturated carbocycles. The predicted octanol–water partition coefficient (Wildman–Crippen LogP) is 6.38. The molecule has 0 bridgehead atoms. The molecule has 0 amide bonds. The second kappa shape index (κ2) is 10.6. The topological polar surface area (TPSA) is 17.1 Å². The van der Waals surface area contributed by atoms with Gasteiger partial charge in [0.05, 0.1) is 0 Å². The second-order valence-corrected chi connectivity index (χ2v) is 7.01. The highest BCUT2D eigenvalue weighted by Crippen LogP contribution is 2.27. The van der Waals surface area contributed by atoms with E-state index in [1.54, 1.807) is 0 Å². The molecule has 0 atom stereocenters. The minimum Gasteiger partial charge on any atom is -0.294 e. The van der Waals surface area contributed by atoms with Crippen molar-refractivity contribution < 1.29 is 4.79 Å². The highest BCUT2D eigenvalue weighted by atomic mass is 79.9. The quantitative estimate of drug-likeness (QED) is 0.302. The summed E-state index contributed by atoms with van der Waals surface area (Å²) < 4.78 is 0. The summed E-state index contributed by atoms with van der Waals surface area (Å²) in [5.74, 6) is 0.295. The smallest absolute Gasteiger partial charge is 0.163 e. The lowest BCUT2D eigenvalue weighted by atomic mass is 9.96. The molecule has 2 rings (SSSR count). The summed E-state index contributed by atoms with van der Waals surface area (Å²) in [5, 5.41) is 1.13. The molecule has 0 fully saturated rings. The van der Waals surface area contributed by atoms with Gasteiger partial charge in [-0.3, -0.25) is 4.79 Å². The van der Waals surface area contributed by atoms with Crippen LogP contribution >= 0.6 is 15.9 Å². The van der Waals surface area contributed by atoms with E-state index in [1.165, 1.54) is 44.9 Å². The molecule has 2 aliphatic rings. The summed E-state index contributed by atoms with van der Waals surface area (Å²) in [6.45, 7) is 0. The van der Waals surface area contributed by atoms with E-state index in [4.69, 9.17) is 0 Å². The van der Waals surface area contributed by atoms with Crippen LogP contribution in [0.1, 0.15) is 57.8 Å². The summed E-state index contributed by atoms with van der Waals surface area (Å²) in [7, 11) is 0. The van der Waals surface area contributed by atoms with Crippen LogP contribution in [0.15, 0.2) is 59.3 Å². The second-order valence-electron chi connectivity index (χ2n) is 6.22. The van der Waals surface area contributed by atoms with Crippen molar-refractivity contribution >= 4 is 21.7 Å². The van der Waals surface area contributed by atoms with Gasteiger partial charge in [-0.05, 0) is 24.0 Å². The maximum Gasteiger partial charge on any atom is 0.163 e. The van der Waals surface area contributed by atoms with Gasteiger partial charge in [0.1, 0.15) is 0 Å². The molecule has 2 aliphatic carbocycles. The van der Waals surface area contributed by atoms with E-state index >= 15 is 0 Å². The van der Waals surface area contributed by atoms with Crippen molar-refractivity contribution in [1.29, 1.82) is 0 Å². The van der Waals surface area contributed by atoms with Gasteiger partial charge < -0.3 is 0 Å². The molecular weight excluding hydrogens is 348 g/mol. The number of carbonyl (C=O) groups is 1. The Balaban J connectivity index is 1.61. The first-order chi connectivity index (χ1) is 11.3. The first-order valence-corrected chi connectivity index (χ1v) is 10.0. The van der Waals surface area contributed by atoms with E-state index in [0.717, 1.165) is 28.5 Å². The molecule has 124 valence electrons. The Morgan fingerprint density at radius 1 is 0.783 bits per heavy atom. The minimum atomic E-state index is 0.295. The number of Topliss-reactive ketones (excluding diaryl/α,β-unsaturated/α-hetero) is 1. The number of hydrogen-bond donors (Lipinski definition) is 0. The number of rotatable bonds is 11. The number of ketones is 1. The monoisotopic (exact) mass is 374 g/mol. The molecular formula is C21H27BrO. The van der Waals surface area contributed by atoms with Crippen molar-refractivity contribution in [2.75, 3.05) is 5.33 Å². The number of halogens is 1. The van der Waals surface area contributed by atoms with Crippen molar-refractivity contribution in [2.45, 2.75) is 57.8 Å². The van der Waals surface area contributed by atoms with Crippen LogP contribution in [-0.2, 0) is 4.79 Å². The maximum absolute atomic E-state index is 12.4. The fourth-order valence-corrected chi connectivity index (χ4v) is 3.44. The van der Waals surface area contributed by atoms with Gasteiger partial charge in [0.15, 0.2) is 5.78 Å². The van der Waals surface area contributed by atoms with Crippen molar-refractivity contribution in [3.63, 3.8) is 0 Å². The molecule has 0 N–H and O–H groups in total. The molecule has 0 aromatic carbocycles. The van der Waals surface area contributed by atoms with Crippen LogP contribution in [-0.4, -0.2) is 11.1 Å². The molecule has 0 aromatic heterocycles. The summed E-state index contributed by atoms with van der Waals surface area (Å²) in [6, 6.07) is 0. The van der Waals surface area contributed by atoms with Crippen LogP contribution in [0, 0.1) is 0 Å². The highest BCUT2D eigenvalue weighted by molar-refractivity contribution is 9.09. The summed E-state index contributed by atoms with van der Waals surface area (Å²) in [5.41, 5.74) is 3.14. The third-order valence-electron chi connectivity index (χ3n) is 4.38. The van der Waals surface area contributed by atoms with Crippen molar-refractivity contribution in [3.05, 3.63) is 59.3 Å². The van der Waals surface area contributed by atoms with E-state index in [0.29, 0.717) is 12.2 Å². The number of carbonyl (C=O) groups excluding carboxylic acids is 1. The average molecular weight is 375 g/mol. The Bertz CT molecular complexity index is 532. The molecule has 0 radical (unpaired) electrons. The van der Waals surface area contributed by atoms with Crippen LogP contribution in [0.3, 0.4) is 0 Å². The standard InChI is InChI=1S/C21H27BrO/c22-17-10-6-4-2-1-3-5-7-16-21(23)20-15-11-14-19(20)18-12-8-9-13-18/h8-9,11-15H,1-7,10,16-17H2. The molecule has 0 aliphatic heterocycles. The Hall–Kier alpha value is -1.15. The van der Waals surface area contributed by atoms with Gasteiger partial charge in [-0.1, -0.05) is 97.0 Å². The third kappa shape index (κ3) is 6.10. The predicted molar refractivity (Wildman–Crippen MR) is 103 cm³/mol. The maximum atomic E-state index is 12.4. The van der Waals surface area contributed by atoms with E-state index in [-0.39, 0.29) is 0 Å². The molecule has 23 heavy (non-hydrogen) atoms. The number of allylic oxidation sites excluding steroid dienone is 10. The highest BCUT2D eigenvalue weighted by Gasteiger charge is 2.17. The van der Waals surface area contributed by atoms with Crippen LogP contribution in [0.2, 0.25) is 0 Å². The third-order valence-corrected chi connectivity index (χ3v) is 4.94. The zero-order valence-electron chi connectivity index (χ0n) is 13.9. The van der Waals surface area contributed by atoms with Gasteiger partial charge >= 0.3 is 0 Å². The molecule has 2 heteroatoms. The number of hydrogen-bond acceptors (Lipinski definition) is 1. The molecule has 1 nitrogen and oxygen atoms in total. The molecule has 0 unspecified atom stereocenters. The van der Waals surface area contributed by atoms with Gasteiger partial charge in [-0.25, -0.2) is 0 Å². The lowest BCUT2D eigenvalue weighted by Crippen LogP contribution is -2.03. The van der Waals surface area contributed by atoms with Gasteiger partial charge in [0.25, 0.3) is 0 Å². The van der Waals surface area contributed by atoms with Crippen LogP contribution in [0.4, 0.5) is 0 Å². The molecule has 0 heterocycles. The van der Waals surface area contributed by atoms with Gasteiger partial charge in [-0.15, -0.1) is 0 Å². The Morgan fingerprint density at radius 2 is 1.39 bits per heavy atom. The minimum absolute atomic E-state index is 0.295. The van der Waals surface area contributed by atoms with Crippen LogP contribution < -0.4 is 0 Å². The summed E-state index contributed by atoms with van der Waals surface area (Å²) in [6.07, 6.45) is 25.0. The molecule has 0 saturated heterocycles. The van der Waals surface area contributed by atoms with E-state index < -0.39 is 0 Å². The summed E-state index contributed by atoms with van der Waals surface area (Å²) in [4.78, 5) is 12.4. The lowest BCUT2D eigenvalue weighted by Gasteiger charge is -2.07. The first-order valence-electron chi connectivity index (χ1n) is 8.90. The Labute approximate surface area is 149 Å². The molecule has 0 aromatic rings. The van der Waals surface area contributed by atoms with Gasteiger partial charge in [-0.2, -0.15) is 0 Å². The van der Waals surface area contributed by atoms with Crippen molar-refractivity contribution in [3.8, 4) is 0 Å². The average Bonchev–Trinajstić information content (AvgIpc) is 3.23. The first kappa shape index (κ1) is 18.2. The zero-order chi connectivity index (χ0) is 16.3. The molecule has 0 spiro atoms. The summed E-state index contributed by atoms with van der Waals surface area (Å²) >= 11 is 3.47. The van der Waals surface area contributed by atoms with Crippen LogP contribution in [0.5, 0.6) is 0 Å². The normalized spacial score (nSPS) is 15.8. The van der Waals surface area contributed by atoms with Gasteiger partial charge in [0.2, 0.25) is 0 Å². The number of alkyl halides is 1. The largest absolute Gasteiger partial charge is 0.294 e. The van der Waals surface area contributed by atoms with Crippen molar-refractivity contribution in [2.24, 2.45) is 0 Å². The lowest BCUT2D eigenvalue weighted by molar-refractivity contribution is -0.115. The fraction of sp³-hybridized carbons (Fsp3) is 0.476. The Morgan fingerprint density at radius 3 is 2.04 bits per heavy atom. The van der Waals surface area contributed by atoms with Crippen LogP contribution in [0.25, 0.3) is 0 Å². The fourth-order valence-electron chi connectivity index (χ4n) is 3.04.